The lowest BCUT2D eigenvalue weighted by atomic mass is 10.2. The maximum absolute atomic E-state index is 12.1. The molecule has 1 amide bonds. The van der Waals surface area contributed by atoms with E-state index in [2.05, 4.69) is 26.2 Å². The highest BCUT2D eigenvalue weighted by Gasteiger charge is 2.19. The number of benzene rings is 1. The minimum Gasteiger partial charge on any atom is -0.354 e. The van der Waals surface area contributed by atoms with Crippen LogP contribution in [0.25, 0.3) is 0 Å². The van der Waals surface area contributed by atoms with Crippen molar-refractivity contribution in [2.24, 2.45) is 0 Å². The Kier molecular flexibility index (Phi) is 5.90. The van der Waals surface area contributed by atoms with Gasteiger partial charge in [0, 0.05) is 37.7 Å². The Bertz CT molecular complexity index is 922. The molecule has 2 aromatic heterocycles. The van der Waals surface area contributed by atoms with Crippen LogP contribution in [0.1, 0.15) is 15.2 Å². The summed E-state index contributed by atoms with van der Waals surface area (Å²) in [6, 6.07) is 15.6. The van der Waals surface area contributed by atoms with E-state index in [1.807, 2.05) is 47.8 Å². The highest BCUT2D eigenvalue weighted by atomic mass is 35.5. The predicted molar refractivity (Wildman–Crippen MR) is 115 cm³/mol. The number of thiophene rings is 1. The molecule has 1 N–H and O–H groups in total. The smallest absolute Gasteiger partial charge is 0.265 e. The number of hydrogen-bond donors (Lipinski definition) is 1. The molecule has 1 aliphatic rings. The van der Waals surface area contributed by atoms with Gasteiger partial charge >= 0.3 is 0 Å². The summed E-state index contributed by atoms with van der Waals surface area (Å²) < 4.78 is 0. The van der Waals surface area contributed by atoms with Gasteiger partial charge < -0.3 is 10.2 Å². The van der Waals surface area contributed by atoms with Crippen molar-refractivity contribution in [1.29, 1.82) is 0 Å². The van der Waals surface area contributed by atoms with E-state index in [0.717, 1.165) is 43.6 Å². The first-order valence-electron chi connectivity index (χ1n) is 9.21. The van der Waals surface area contributed by atoms with Gasteiger partial charge in [0.25, 0.3) is 5.91 Å². The highest BCUT2D eigenvalue weighted by molar-refractivity contribution is 7.12. The van der Waals surface area contributed by atoms with Crippen LogP contribution in [0, 0.1) is 0 Å². The number of anilines is 2. The molecule has 3 aromatic rings. The summed E-state index contributed by atoms with van der Waals surface area (Å²) in [7, 11) is 0. The summed E-state index contributed by atoms with van der Waals surface area (Å²) >= 11 is 7.70. The quantitative estimate of drug-likeness (QED) is 0.676. The number of carbonyl (C=O) groups is 1. The summed E-state index contributed by atoms with van der Waals surface area (Å²) in [6.07, 6.45) is 1.72. The first kappa shape index (κ1) is 18.9. The standard InChI is InChI=1S/C21H21ClN4OS/c22-18-5-2-1-4-16(18)15-25-9-11-26(12-10-25)20-8-7-17(14-23-20)24-21(27)19-6-3-13-28-19/h1-8,13-14H,9-12,15H2,(H,24,27). The van der Waals surface area contributed by atoms with Crippen LogP contribution < -0.4 is 10.2 Å². The number of halogens is 1. The second-order valence-corrected chi connectivity index (χ2v) is 8.05. The van der Waals surface area contributed by atoms with Crippen molar-refractivity contribution in [3.05, 3.63) is 75.6 Å². The van der Waals surface area contributed by atoms with E-state index in [1.165, 1.54) is 16.9 Å². The minimum absolute atomic E-state index is 0.0993. The Morgan fingerprint density at radius 2 is 1.89 bits per heavy atom. The van der Waals surface area contributed by atoms with Crippen LogP contribution in [0.5, 0.6) is 0 Å². The Hall–Kier alpha value is -2.41. The van der Waals surface area contributed by atoms with Crippen molar-refractivity contribution in [3.63, 3.8) is 0 Å². The van der Waals surface area contributed by atoms with Gasteiger partial charge in [0.2, 0.25) is 0 Å². The molecular weight excluding hydrogens is 392 g/mol. The van der Waals surface area contributed by atoms with Gasteiger partial charge in [-0.15, -0.1) is 11.3 Å². The number of hydrogen-bond acceptors (Lipinski definition) is 5. The van der Waals surface area contributed by atoms with E-state index in [-0.39, 0.29) is 5.91 Å². The monoisotopic (exact) mass is 412 g/mol. The first-order chi connectivity index (χ1) is 13.7. The van der Waals surface area contributed by atoms with Gasteiger partial charge in [0.1, 0.15) is 5.82 Å². The Balaban J connectivity index is 1.31. The average Bonchev–Trinajstić information content (AvgIpc) is 3.26. The molecule has 144 valence electrons. The second-order valence-electron chi connectivity index (χ2n) is 6.69. The molecule has 5 nitrogen and oxygen atoms in total. The third kappa shape index (κ3) is 4.52. The first-order valence-corrected chi connectivity index (χ1v) is 10.5. The fraction of sp³-hybridized carbons (Fsp3) is 0.238. The molecule has 3 heterocycles. The number of nitrogens with zero attached hydrogens (tertiary/aromatic N) is 3. The van der Waals surface area contributed by atoms with Crippen molar-refractivity contribution < 1.29 is 4.79 Å². The number of amides is 1. The molecule has 0 aliphatic carbocycles. The Morgan fingerprint density at radius 3 is 2.57 bits per heavy atom. The zero-order valence-electron chi connectivity index (χ0n) is 15.3. The summed E-state index contributed by atoms with van der Waals surface area (Å²) in [4.78, 5) is 22.0. The van der Waals surface area contributed by atoms with Crippen molar-refractivity contribution in [3.8, 4) is 0 Å². The lowest BCUT2D eigenvalue weighted by Gasteiger charge is -2.35. The predicted octanol–water partition coefficient (Wildman–Crippen LogP) is 4.37. The van der Waals surface area contributed by atoms with Gasteiger partial charge in [-0.25, -0.2) is 4.98 Å². The Morgan fingerprint density at radius 1 is 1.07 bits per heavy atom. The summed E-state index contributed by atoms with van der Waals surface area (Å²) in [5.74, 6) is 0.837. The van der Waals surface area contributed by atoms with Crippen LogP contribution in [-0.4, -0.2) is 42.0 Å². The van der Waals surface area contributed by atoms with E-state index in [0.29, 0.717) is 10.6 Å². The SMILES string of the molecule is O=C(Nc1ccc(N2CCN(Cc3ccccc3Cl)CC2)nc1)c1cccs1. The number of aromatic nitrogens is 1. The van der Waals surface area contributed by atoms with E-state index < -0.39 is 0 Å². The maximum Gasteiger partial charge on any atom is 0.265 e. The molecule has 0 saturated carbocycles. The molecule has 1 aliphatic heterocycles. The summed E-state index contributed by atoms with van der Waals surface area (Å²) in [5, 5.41) is 5.60. The van der Waals surface area contributed by atoms with Crippen molar-refractivity contribution in [1.82, 2.24) is 9.88 Å². The average molecular weight is 413 g/mol. The highest BCUT2D eigenvalue weighted by Crippen LogP contribution is 2.20. The number of piperazine rings is 1. The van der Waals surface area contributed by atoms with Gasteiger partial charge in [0.15, 0.2) is 0 Å². The van der Waals surface area contributed by atoms with E-state index >= 15 is 0 Å². The zero-order valence-corrected chi connectivity index (χ0v) is 16.9. The minimum atomic E-state index is -0.0993. The Labute approximate surface area is 173 Å². The van der Waals surface area contributed by atoms with Gasteiger partial charge in [-0.1, -0.05) is 35.9 Å². The van der Waals surface area contributed by atoms with Crippen LogP contribution in [0.2, 0.25) is 5.02 Å². The number of rotatable bonds is 5. The van der Waals surface area contributed by atoms with E-state index in [1.54, 1.807) is 6.20 Å². The van der Waals surface area contributed by atoms with Crippen LogP contribution in [0.15, 0.2) is 60.1 Å². The molecule has 4 rings (SSSR count). The fourth-order valence-corrected chi connectivity index (χ4v) is 4.06. The molecule has 0 spiro atoms. The van der Waals surface area contributed by atoms with Crippen molar-refractivity contribution in [2.45, 2.75) is 6.54 Å². The number of pyridine rings is 1. The molecule has 0 unspecified atom stereocenters. The zero-order chi connectivity index (χ0) is 19.3. The third-order valence-electron chi connectivity index (χ3n) is 4.80. The van der Waals surface area contributed by atoms with Crippen LogP contribution in [-0.2, 0) is 6.54 Å². The van der Waals surface area contributed by atoms with Gasteiger partial charge in [0.05, 0.1) is 16.8 Å². The maximum atomic E-state index is 12.1. The molecular formula is C21H21ClN4OS. The fourth-order valence-electron chi connectivity index (χ4n) is 3.25. The molecule has 0 atom stereocenters. The van der Waals surface area contributed by atoms with Crippen LogP contribution in [0.4, 0.5) is 11.5 Å². The molecule has 1 saturated heterocycles. The summed E-state index contributed by atoms with van der Waals surface area (Å²) in [5.41, 5.74) is 1.88. The van der Waals surface area contributed by atoms with Gasteiger partial charge in [-0.05, 0) is 35.2 Å². The molecule has 7 heteroatoms. The largest absolute Gasteiger partial charge is 0.354 e. The van der Waals surface area contributed by atoms with Crippen molar-refractivity contribution in [2.75, 3.05) is 36.4 Å². The molecule has 0 radical (unpaired) electrons. The topological polar surface area (TPSA) is 48.5 Å². The van der Waals surface area contributed by atoms with Crippen molar-refractivity contribution >= 4 is 40.4 Å². The van der Waals surface area contributed by atoms with Crippen LogP contribution in [0.3, 0.4) is 0 Å². The molecule has 1 fully saturated rings. The van der Waals surface area contributed by atoms with Gasteiger partial charge in [-0.2, -0.15) is 0 Å². The number of carbonyl (C=O) groups excluding carboxylic acids is 1. The number of nitrogens with one attached hydrogen (secondary N) is 1. The lowest BCUT2D eigenvalue weighted by molar-refractivity contribution is 0.103. The third-order valence-corrected chi connectivity index (χ3v) is 6.04. The lowest BCUT2D eigenvalue weighted by Crippen LogP contribution is -2.46. The summed E-state index contributed by atoms with van der Waals surface area (Å²) in [6.45, 7) is 4.62. The molecule has 0 bridgehead atoms. The van der Waals surface area contributed by atoms with Crippen LogP contribution >= 0.6 is 22.9 Å². The van der Waals surface area contributed by atoms with E-state index in [4.69, 9.17) is 11.6 Å². The normalized spacial score (nSPS) is 14.8. The molecule has 1 aromatic carbocycles. The second kappa shape index (κ2) is 8.73. The van der Waals surface area contributed by atoms with E-state index in [9.17, 15) is 4.79 Å². The molecule has 28 heavy (non-hydrogen) atoms. The van der Waals surface area contributed by atoms with Gasteiger partial charge in [-0.3, -0.25) is 9.69 Å².